The van der Waals surface area contributed by atoms with E-state index in [-0.39, 0.29) is 23.9 Å². The fourth-order valence-electron chi connectivity index (χ4n) is 3.67. The minimum Gasteiger partial charge on any atom is -0.444 e. The van der Waals surface area contributed by atoms with E-state index < -0.39 is 17.8 Å². The molecular formula is C15H29ClN2O3. The highest BCUT2D eigenvalue weighted by molar-refractivity contribution is 5.85. The molecule has 1 amide bonds. The number of ether oxygens (including phenoxy) is 1. The summed E-state index contributed by atoms with van der Waals surface area (Å²) in [6.07, 6.45) is 0.657. The Morgan fingerprint density at radius 3 is 2.43 bits per heavy atom. The van der Waals surface area contributed by atoms with Crippen LogP contribution in [0.25, 0.3) is 0 Å². The maximum Gasteiger partial charge on any atom is 0.407 e. The van der Waals surface area contributed by atoms with Gasteiger partial charge in [-0.15, -0.1) is 12.4 Å². The third-order valence-corrected chi connectivity index (χ3v) is 4.41. The van der Waals surface area contributed by atoms with E-state index in [1.165, 1.54) is 0 Å². The van der Waals surface area contributed by atoms with E-state index in [9.17, 15) is 9.90 Å². The molecule has 1 spiro atoms. The number of aliphatic hydroxyl groups excluding tert-OH is 1. The molecule has 3 N–H and O–H groups in total. The van der Waals surface area contributed by atoms with Crippen LogP contribution in [-0.4, -0.2) is 41.5 Å². The molecule has 0 radical (unpaired) electrons. The molecule has 21 heavy (non-hydrogen) atoms. The van der Waals surface area contributed by atoms with Gasteiger partial charge in [0.05, 0.1) is 12.1 Å². The lowest BCUT2D eigenvalue weighted by Gasteiger charge is -2.51. The van der Waals surface area contributed by atoms with Crippen molar-refractivity contribution in [1.82, 2.24) is 10.6 Å². The van der Waals surface area contributed by atoms with Gasteiger partial charge in [-0.3, -0.25) is 0 Å². The highest BCUT2D eigenvalue weighted by Crippen LogP contribution is 2.48. The van der Waals surface area contributed by atoms with E-state index in [1.807, 2.05) is 20.8 Å². The Morgan fingerprint density at radius 1 is 1.38 bits per heavy atom. The topological polar surface area (TPSA) is 70.6 Å². The van der Waals surface area contributed by atoms with Crippen molar-refractivity contribution in [2.24, 2.45) is 11.3 Å². The van der Waals surface area contributed by atoms with Crippen molar-refractivity contribution >= 4 is 18.5 Å². The van der Waals surface area contributed by atoms with E-state index in [4.69, 9.17) is 4.74 Å². The predicted molar refractivity (Wildman–Crippen MR) is 84.7 cm³/mol. The number of amides is 1. The molecule has 2 rings (SSSR count). The Balaban J connectivity index is 0.00000220. The van der Waals surface area contributed by atoms with Crippen molar-refractivity contribution in [3.63, 3.8) is 0 Å². The van der Waals surface area contributed by atoms with Crippen LogP contribution < -0.4 is 10.6 Å². The Bertz CT molecular complexity index is 384. The van der Waals surface area contributed by atoms with Gasteiger partial charge in [-0.05, 0) is 39.5 Å². The monoisotopic (exact) mass is 320 g/mol. The first-order chi connectivity index (χ1) is 9.13. The van der Waals surface area contributed by atoms with Crippen LogP contribution in [0.2, 0.25) is 0 Å². The average Bonchev–Trinajstić information content (AvgIpc) is 2.53. The number of hydrogen-bond acceptors (Lipinski definition) is 4. The van der Waals surface area contributed by atoms with Crippen LogP contribution in [0.1, 0.15) is 47.5 Å². The minimum atomic E-state index is -0.510. The van der Waals surface area contributed by atoms with Gasteiger partial charge in [0.15, 0.2) is 0 Å². The van der Waals surface area contributed by atoms with Crippen LogP contribution in [0.15, 0.2) is 0 Å². The second kappa shape index (κ2) is 6.31. The summed E-state index contributed by atoms with van der Waals surface area (Å²) in [5.74, 6) is 0.538. The minimum absolute atomic E-state index is 0. The molecule has 6 heteroatoms. The molecule has 0 aromatic rings. The standard InChI is InChI=1S/C15H28N2O3.ClH/c1-9(2)12-15(8-16-12)6-10(11(18)7-15)17-13(19)20-14(3,4)5;/h9-12,16,18H,6-8H2,1-5H3,(H,17,19);1H/t10-,11-,12-,15-;/m1./s1. The molecule has 0 unspecified atom stereocenters. The maximum absolute atomic E-state index is 11.8. The molecule has 0 aromatic carbocycles. The van der Waals surface area contributed by atoms with Crippen LogP contribution in [0.5, 0.6) is 0 Å². The molecule has 1 aliphatic heterocycles. The Hall–Kier alpha value is -0.520. The smallest absolute Gasteiger partial charge is 0.407 e. The zero-order chi connectivity index (χ0) is 15.1. The van der Waals surface area contributed by atoms with Crippen molar-refractivity contribution < 1.29 is 14.6 Å². The fourth-order valence-corrected chi connectivity index (χ4v) is 3.67. The van der Waals surface area contributed by atoms with Crippen LogP contribution in [0.4, 0.5) is 4.79 Å². The zero-order valence-corrected chi connectivity index (χ0v) is 14.4. The molecule has 2 aliphatic rings. The number of alkyl carbamates (subject to hydrolysis) is 1. The molecule has 4 atom stereocenters. The van der Waals surface area contributed by atoms with E-state index in [0.717, 1.165) is 19.4 Å². The number of carbonyl (C=O) groups excluding carboxylic acids is 1. The van der Waals surface area contributed by atoms with E-state index in [1.54, 1.807) is 0 Å². The van der Waals surface area contributed by atoms with Gasteiger partial charge in [0.1, 0.15) is 5.60 Å². The van der Waals surface area contributed by atoms with Gasteiger partial charge >= 0.3 is 6.09 Å². The van der Waals surface area contributed by atoms with Crippen LogP contribution in [-0.2, 0) is 4.74 Å². The van der Waals surface area contributed by atoms with Crippen molar-refractivity contribution in [2.75, 3.05) is 6.54 Å². The van der Waals surface area contributed by atoms with Gasteiger partial charge in [0.25, 0.3) is 0 Å². The van der Waals surface area contributed by atoms with Gasteiger partial charge in [0.2, 0.25) is 0 Å². The summed E-state index contributed by atoms with van der Waals surface area (Å²) in [5.41, 5.74) is -0.378. The SMILES string of the molecule is CC(C)[C@H]1NC[C@@]12C[C@@H](O)[C@H](NC(=O)OC(C)(C)C)C2.Cl. The lowest BCUT2D eigenvalue weighted by Crippen LogP contribution is -2.64. The van der Waals surface area contributed by atoms with Gasteiger partial charge in [-0.25, -0.2) is 4.79 Å². The summed E-state index contributed by atoms with van der Waals surface area (Å²) < 4.78 is 5.27. The number of nitrogens with one attached hydrogen (secondary N) is 2. The average molecular weight is 321 g/mol. The summed E-state index contributed by atoms with van der Waals surface area (Å²) in [5, 5.41) is 16.5. The van der Waals surface area contributed by atoms with Crippen LogP contribution in [0, 0.1) is 11.3 Å². The summed E-state index contributed by atoms with van der Waals surface area (Å²) in [6.45, 7) is 10.8. The normalized spacial score (nSPS) is 35.3. The predicted octanol–water partition coefficient (Wildman–Crippen LogP) is 2.07. The van der Waals surface area contributed by atoms with E-state index >= 15 is 0 Å². The van der Waals surface area contributed by atoms with Crippen molar-refractivity contribution in [3.8, 4) is 0 Å². The molecule has 0 aromatic heterocycles. The zero-order valence-electron chi connectivity index (χ0n) is 13.6. The van der Waals surface area contributed by atoms with Crippen molar-refractivity contribution in [1.29, 1.82) is 0 Å². The van der Waals surface area contributed by atoms with Crippen molar-refractivity contribution in [3.05, 3.63) is 0 Å². The summed E-state index contributed by atoms with van der Waals surface area (Å²) in [7, 11) is 0. The van der Waals surface area contributed by atoms with Gasteiger partial charge in [0, 0.05) is 18.0 Å². The quantitative estimate of drug-likeness (QED) is 0.728. The molecule has 5 nitrogen and oxygen atoms in total. The third-order valence-electron chi connectivity index (χ3n) is 4.41. The molecule has 1 saturated heterocycles. The molecular weight excluding hydrogens is 292 g/mol. The summed E-state index contributed by atoms with van der Waals surface area (Å²) in [4.78, 5) is 11.8. The number of aliphatic hydroxyl groups is 1. The molecule has 1 saturated carbocycles. The maximum atomic E-state index is 11.8. The van der Waals surface area contributed by atoms with Gasteiger partial charge in [-0.2, -0.15) is 0 Å². The summed E-state index contributed by atoms with van der Waals surface area (Å²) in [6, 6.07) is 0.232. The first-order valence-corrected chi connectivity index (χ1v) is 7.54. The lowest BCUT2D eigenvalue weighted by atomic mass is 9.67. The van der Waals surface area contributed by atoms with E-state index in [2.05, 4.69) is 24.5 Å². The highest BCUT2D eigenvalue weighted by Gasteiger charge is 2.55. The molecule has 0 bridgehead atoms. The largest absolute Gasteiger partial charge is 0.444 e. The summed E-state index contributed by atoms with van der Waals surface area (Å²) >= 11 is 0. The third kappa shape index (κ3) is 4.02. The Labute approximate surface area is 133 Å². The van der Waals surface area contributed by atoms with Gasteiger partial charge < -0.3 is 20.5 Å². The lowest BCUT2D eigenvalue weighted by molar-refractivity contribution is 0.0394. The fraction of sp³-hybridized carbons (Fsp3) is 0.933. The van der Waals surface area contributed by atoms with Crippen LogP contribution >= 0.6 is 12.4 Å². The number of hydrogen-bond donors (Lipinski definition) is 3. The number of rotatable bonds is 2. The first kappa shape index (κ1) is 18.5. The van der Waals surface area contributed by atoms with Crippen molar-refractivity contribution in [2.45, 2.75) is 71.2 Å². The molecule has 2 fully saturated rings. The number of halogens is 1. The Morgan fingerprint density at radius 2 is 2.00 bits per heavy atom. The second-order valence-corrected chi connectivity index (χ2v) is 7.69. The molecule has 124 valence electrons. The first-order valence-electron chi connectivity index (χ1n) is 7.54. The highest BCUT2D eigenvalue weighted by atomic mass is 35.5. The Kier molecular flexibility index (Phi) is 5.56. The van der Waals surface area contributed by atoms with Gasteiger partial charge in [-0.1, -0.05) is 13.8 Å². The molecule has 1 heterocycles. The second-order valence-electron chi connectivity index (χ2n) is 7.69. The number of carbonyl (C=O) groups is 1. The molecule has 1 aliphatic carbocycles. The van der Waals surface area contributed by atoms with E-state index in [0.29, 0.717) is 12.0 Å². The van der Waals surface area contributed by atoms with Crippen LogP contribution in [0.3, 0.4) is 0 Å².